The molecule has 0 saturated carbocycles. The summed E-state index contributed by atoms with van der Waals surface area (Å²) in [6, 6.07) is 122. The third-order valence-electron chi connectivity index (χ3n) is 19.2. The lowest BCUT2D eigenvalue weighted by Gasteiger charge is -2.46. The summed E-state index contributed by atoms with van der Waals surface area (Å²) < 4.78 is 4.89. The van der Waals surface area contributed by atoms with Gasteiger partial charge in [0.05, 0.1) is 32.8 Å². The highest BCUT2D eigenvalue weighted by atomic mass is 32.1. The zero-order valence-electron chi connectivity index (χ0n) is 51.4. The Morgan fingerprint density at radius 2 is 0.674 bits per heavy atom. The molecule has 95 heavy (non-hydrogen) atoms. The van der Waals surface area contributed by atoms with E-state index in [9.17, 15) is 0 Å². The molecule has 442 valence electrons. The lowest BCUT2D eigenvalue weighted by molar-refractivity contribution is 1.07. The van der Waals surface area contributed by atoms with E-state index < -0.39 is 0 Å². The monoisotopic (exact) mass is 1230 g/mol. The van der Waals surface area contributed by atoms with Crippen molar-refractivity contribution < 1.29 is 0 Å². The Kier molecular flexibility index (Phi) is 12.8. The van der Waals surface area contributed by atoms with E-state index in [0.29, 0.717) is 17.5 Å². The number of benzene rings is 14. The van der Waals surface area contributed by atoms with Crippen LogP contribution in [0.15, 0.2) is 334 Å². The molecule has 0 amide bonds. The summed E-state index contributed by atoms with van der Waals surface area (Å²) in [5.41, 5.74) is 25.2. The van der Waals surface area contributed by atoms with E-state index in [4.69, 9.17) is 15.0 Å². The molecule has 3 aromatic heterocycles. The molecule has 6 nitrogen and oxygen atoms in total. The molecule has 5 heterocycles. The van der Waals surface area contributed by atoms with Crippen LogP contribution in [0.3, 0.4) is 0 Å². The maximum Gasteiger partial charge on any atom is 0.252 e. The van der Waals surface area contributed by atoms with Crippen molar-refractivity contribution in [1.82, 2.24) is 19.5 Å². The highest BCUT2D eigenvalue weighted by molar-refractivity contribution is 7.26. The van der Waals surface area contributed by atoms with Crippen LogP contribution in [0.25, 0.3) is 126 Å². The van der Waals surface area contributed by atoms with Gasteiger partial charge in [-0.1, -0.05) is 291 Å². The van der Waals surface area contributed by atoms with Crippen molar-refractivity contribution in [3.8, 4) is 84.4 Å². The number of hydrogen-bond donors (Lipinski definition) is 0. The molecule has 8 heteroatoms. The van der Waals surface area contributed by atoms with Gasteiger partial charge in [0, 0.05) is 87.9 Å². The van der Waals surface area contributed by atoms with Gasteiger partial charge in [-0.15, -0.1) is 11.3 Å². The molecule has 0 N–H and O–H groups in total. The van der Waals surface area contributed by atoms with Crippen molar-refractivity contribution in [2.24, 2.45) is 0 Å². The van der Waals surface area contributed by atoms with Crippen molar-refractivity contribution in [1.29, 1.82) is 0 Å². The van der Waals surface area contributed by atoms with E-state index in [1.165, 1.54) is 41.9 Å². The molecule has 0 atom stereocenters. The molecule has 19 rings (SSSR count). The van der Waals surface area contributed by atoms with Gasteiger partial charge in [0.25, 0.3) is 6.71 Å². The summed E-state index contributed by atoms with van der Waals surface area (Å²) in [4.78, 5) is 21.4. The van der Waals surface area contributed by atoms with Crippen LogP contribution in [0.1, 0.15) is 0 Å². The first kappa shape index (κ1) is 54.5. The number of anilines is 6. The van der Waals surface area contributed by atoms with Crippen molar-refractivity contribution >= 4 is 111 Å². The zero-order chi connectivity index (χ0) is 62.5. The molecule has 0 spiro atoms. The summed E-state index contributed by atoms with van der Waals surface area (Å²) in [6.07, 6.45) is 0. The smallest absolute Gasteiger partial charge is 0.252 e. The van der Waals surface area contributed by atoms with Gasteiger partial charge in [-0.25, -0.2) is 15.0 Å². The minimum atomic E-state index is -0.278. The summed E-state index contributed by atoms with van der Waals surface area (Å²) in [5.74, 6) is 1.80. The van der Waals surface area contributed by atoms with Crippen molar-refractivity contribution in [2.45, 2.75) is 0 Å². The van der Waals surface area contributed by atoms with Gasteiger partial charge in [-0.05, 0) is 81.1 Å². The molecular formula is C87H55BN6S. The van der Waals surface area contributed by atoms with Crippen LogP contribution in [0, 0.1) is 0 Å². The first-order valence-electron chi connectivity index (χ1n) is 32.4. The van der Waals surface area contributed by atoms with E-state index in [1.807, 2.05) is 47.7 Å². The van der Waals surface area contributed by atoms with Crippen LogP contribution in [-0.4, -0.2) is 26.2 Å². The number of rotatable bonds is 10. The van der Waals surface area contributed by atoms with Gasteiger partial charge < -0.3 is 14.4 Å². The number of fused-ring (bicyclic) bond motifs is 11. The molecule has 0 saturated heterocycles. The second-order valence-corrected chi connectivity index (χ2v) is 25.6. The number of nitrogens with zero attached hydrogens (tertiary/aromatic N) is 6. The van der Waals surface area contributed by atoms with Gasteiger partial charge in [-0.2, -0.15) is 0 Å². The molecular weight excluding hydrogens is 1170 g/mol. The maximum absolute atomic E-state index is 5.44. The second kappa shape index (κ2) is 22.3. The van der Waals surface area contributed by atoms with Gasteiger partial charge >= 0.3 is 0 Å². The SMILES string of the molecule is c1ccc(-c2nc(-c3ccccc3)nc(-c3ccc4c(c3)N(c3c(-c5ccccc5)cccc3-c3ccccc3)c3c5c(cc6c3sc3ccccc36)N(c3c(-c6ccccc6)cccc3-c3ccccc3)c3cc(-n6c7ccccc7c7ccccc76)ccc3B45)n2)cc1. The predicted octanol–water partition coefficient (Wildman–Crippen LogP) is 21.1. The highest BCUT2D eigenvalue weighted by Gasteiger charge is 2.47. The molecule has 14 aromatic carbocycles. The van der Waals surface area contributed by atoms with Crippen molar-refractivity contribution in [3.05, 3.63) is 334 Å². The molecule has 0 unspecified atom stereocenters. The predicted molar refractivity (Wildman–Crippen MR) is 399 cm³/mol. The van der Waals surface area contributed by atoms with Gasteiger partial charge in [0.1, 0.15) is 0 Å². The number of para-hydroxylation sites is 4. The van der Waals surface area contributed by atoms with Crippen LogP contribution in [-0.2, 0) is 0 Å². The molecule has 2 aliphatic rings. The second-order valence-electron chi connectivity index (χ2n) is 24.5. The third kappa shape index (κ3) is 8.83. The summed E-state index contributed by atoms with van der Waals surface area (Å²) in [7, 11) is 0. The fourth-order valence-electron chi connectivity index (χ4n) is 15.1. The van der Waals surface area contributed by atoms with Crippen molar-refractivity contribution in [3.63, 3.8) is 0 Å². The zero-order valence-corrected chi connectivity index (χ0v) is 52.2. The highest BCUT2D eigenvalue weighted by Crippen LogP contribution is 2.56. The Morgan fingerprint density at radius 1 is 0.274 bits per heavy atom. The third-order valence-corrected chi connectivity index (χ3v) is 20.4. The van der Waals surface area contributed by atoms with E-state index in [2.05, 4.69) is 312 Å². The quantitative estimate of drug-likeness (QED) is 0.128. The first-order valence-corrected chi connectivity index (χ1v) is 33.2. The fraction of sp³-hybridized carbons (Fsp3) is 0. The van der Waals surface area contributed by atoms with Crippen LogP contribution in [0.4, 0.5) is 34.1 Å². The van der Waals surface area contributed by atoms with E-state index in [0.717, 1.165) is 118 Å². The van der Waals surface area contributed by atoms with Gasteiger partial charge in [0.15, 0.2) is 17.5 Å². The van der Waals surface area contributed by atoms with Gasteiger partial charge in [0.2, 0.25) is 0 Å². The first-order chi connectivity index (χ1) is 47.2. The standard InChI is InChI=1S/C87H55BN6S/c1-7-27-56(28-8-1)64-42-25-43-65(57-29-9-2-10-30-57)81(64)93-77-54-63(92-74-46-22-19-39-68(74)69-40-20-23-47-75(69)92)50-52-73(77)88-72-51-49-62(87-90-85(60-35-15-5-16-36-60)89-86(91-87)61-37-17-6-18-38-61)53-76(72)94(83-80(88)78(93)55-71-70-41-21-24-48-79(70)95-84(71)83)82-66(58-31-11-3-12-32-58)44-26-45-67(82)59-33-13-4-14-34-59/h1-55H. The molecule has 17 aromatic rings. The Morgan fingerprint density at radius 3 is 1.17 bits per heavy atom. The average Bonchev–Trinajstić information content (AvgIpc) is 1.63. The summed E-state index contributed by atoms with van der Waals surface area (Å²) in [5, 5.41) is 4.82. The number of thiophene rings is 1. The Balaban J connectivity index is 0.990. The van der Waals surface area contributed by atoms with Crippen molar-refractivity contribution in [2.75, 3.05) is 9.80 Å². The summed E-state index contributed by atoms with van der Waals surface area (Å²) >= 11 is 1.88. The van der Waals surface area contributed by atoms with E-state index in [-0.39, 0.29) is 6.71 Å². The maximum atomic E-state index is 5.44. The van der Waals surface area contributed by atoms with E-state index >= 15 is 0 Å². The molecule has 2 aliphatic heterocycles. The lowest BCUT2D eigenvalue weighted by atomic mass is 9.33. The minimum Gasteiger partial charge on any atom is -0.310 e. The normalized spacial score (nSPS) is 12.4. The van der Waals surface area contributed by atoms with Crippen LogP contribution < -0.4 is 26.2 Å². The largest absolute Gasteiger partial charge is 0.310 e. The Hall–Kier alpha value is -12.2. The minimum absolute atomic E-state index is 0.278. The Bertz CT molecular complexity index is 5630. The number of hydrogen-bond acceptors (Lipinski definition) is 6. The molecule has 0 fully saturated rings. The average molecular weight is 1230 g/mol. The topological polar surface area (TPSA) is 50.1 Å². The van der Waals surface area contributed by atoms with Crippen LogP contribution >= 0.6 is 11.3 Å². The fourth-order valence-corrected chi connectivity index (χ4v) is 16.3. The summed E-state index contributed by atoms with van der Waals surface area (Å²) in [6.45, 7) is -0.278. The van der Waals surface area contributed by atoms with Crippen LogP contribution in [0.5, 0.6) is 0 Å². The Labute approximate surface area is 554 Å². The lowest BCUT2D eigenvalue weighted by Crippen LogP contribution is -2.61. The van der Waals surface area contributed by atoms with Crippen LogP contribution in [0.2, 0.25) is 0 Å². The number of aromatic nitrogens is 4. The molecule has 0 radical (unpaired) electrons. The molecule has 0 aliphatic carbocycles. The van der Waals surface area contributed by atoms with E-state index in [1.54, 1.807) is 0 Å². The molecule has 0 bridgehead atoms. The van der Waals surface area contributed by atoms with Gasteiger partial charge in [-0.3, -0.25) is 0 Å².